The topological polar surface area (TPSA) is 63.7 Å². The largest absolute Gasteiger partial charge is 0.465 e. The van der Waals surface area contributed by atoms with Crippen molar-refractivity contribution in [1.29, 1.82) is 0 Å². The first-order chi connectivity index (χ1) is 9.86. The van der Waals surface area contributed by atoms with Gasteiger partial charge < -0.3 is 4.74 Å². The Balaban J connectivity index is 2.51. The molecule has 1 aromatic carbocycles. The van der Waals surface area contributed by atoms with E-state index in [1.807, 2.05) is 13.0 Å². The molecule has 2 rings (SSSR count). The monoisotopic (exact) mass is 313 g/mol. The van der Waals surface area contributed by atoms with Gasteiger partial charge in [0.25, 0.3) is 0 Å². The average Bonchev–Trinajstić information content (AvgIpc) is 2.46. The van der Waals surface area contributed by atoms with E-state index in [0.29, 0.717) is 13.0 Å². The van der Waals surface area contributed by atoms with Crippen molar-refractivity contribution in [3.05, 3.63) is 41.2 Å². The van der Waals surface area contributed by atoms with Gasteiger partial charge >= 0.3 is 5.97 Å². The summed E-state index contributed by atoms with van der Waals surface area (Å²) in [5.41, 5.74) is 0.756. The van der Waals surface area contributed by atoms with Gasteiger partial charge in [0, 0.05) is 13.1 Å². The average molecular weight is 313 g/mol. The minimum Gasteiger partial charge on any atom is -0.465 e. The van der Waals surface area contributed by atoms with Crippen LogP contribution in [0.2, 0.25) is 0 Å². The predicted octanol–water partition coefficient (Wildman–Crippen LogP) is 1.95. The third kappa shape index (κ3) is 3.14. The van der Waals surface area contributed by atoms with Crippen LogP contribution in [0.5, 0.6) is 0 Å². The van der Waals surface area contributed by atoms with Crippen LogP contribution >= 0.6 is 0 Å². The van der Waals surface area contributed by atoms with Crippen LogP contribution in [0.25, 0.3) is 0 Å². The van der Waals surface area contributed by atoms with Crippen molar-refractivity contribution in [2.75, 3.05) is 20.2 Å². The summed E-state index contributed by atoms with van der Waals surface area (Å²) < 4.78 is 44.5. The number of rotatable bonds is 3. The molecule has 5 nitrogen and oxygen atoms in total. The van der Waals surface area contributed by atoms with E-state index in [1.54, 1.807) is 0 Å². The van der Waals surface area contributed by atoms with Gasteiger partial charge in [-0.25, -0.2) is 17.6 Å². The molecule has 0 radical (unpaired) electrons. The molecule has 1 heterocycles. The number of ether oxygens (including phenoxy) is 1. The number of benzene rings is 1. The summed E-state index contributed by atoms with van der Waals surface area (Å²) in [6.45, 7) is 2.37. The number of nitrogens with zero attached hydrogens (tertiary/aromatic N) is 1. The molecular weight excluding hydrogens is 297 g/mol. The molecule has 0 N–H and O–H groups in total. The molecule has 0 bridgehead atoms. The lowest BCUT2D eigenvalue weighted by Gasteiger charge is -2.26. The van der Waals surface area contributed by atoms with Crippen LogP contribution in [0, 0.1) is 5.82 Å². The molecule has 114 valence electrons. The zero-order valence-corrected chi connectivity index (χ0v) is 12.6. The van der Waals surface area contributed by atoms with Gasteiger partial charge in [-0.05, 0) is 31.5 Å². The maximum atomic E-state index is 13.4. The summed E-state index contributed by atoms with van der Waals surface area (Å²) in [5.74, 6) is -1.52. The Morgan fingerprint density at radius 1 is 1.38 bits per heavy atom. The first-order valence-electron chi connectivity index (χ1n) is 6.40. The SMILES string of the molecule is COC(=O)c1ccc(F)cc1S(=O)(=O)N1CCC=C(C)C1. The number of carbonyl (C=O) groups excluding carboxylic acids is 1. The number of hydrogen-bond acceptors (Lipinski definition) is 4. The van der Waals surface area contributed by atoms with Crippen LogP contribution < -0.4 is 0 Å². The number of halogens is 1. The number of carbonyl (C=O) groups is 1. The van der Waals surface area contributed by atoms with E-state index in [1.165, 1.54) is 4.31 Å². The third-order valence-electron chi connectivity index (χ3n) is 3.26. The minimum atomic E-state index is -3.95. The fraction of sp³-hybridized carbons (Fsp3) is 0.357. The Morgan fingerprint density at radius 2 is 2.10 bits per heavy atom. The maximum Gasteiger partial charge on any atom is 0.339 e. The Kier molecular flexibility index (Phi) is 4.43. The molecule has 0 spiro atoms. The standard InChI is InChI=1S/C14H16FNO4S/c1-10-4-3-7-16(9-10)21(18,19)13-8-11(15)5-6-12(13)14(17)20-2/h4-6,8H,3,7,9H2,1-2H3. The molecule has 0 saturated heterocycles. The number of methoxy groups -OCH3 is 1. The number of esters is 1. The van der Waals surface area contributed by atoms with Crippen molar-refractivity contribution >= 4 is 16.0 Å². The van der Waals surface area contributed by atoms with Crippen molar-refractivity contribution in [2.24, 2.45) is 0 Å². The molecule has 0 unspecified atom stereocenters. The second kappa shape index (κ2) is 5.95. The predicted molar refractivity (Wildman–Crippen MR) is 74.9 cm³/mol. The van der Waals surface area contributed by atoms with Crippen molar-refractivity contribution in [2.45, 2.75) is 18.2 Å². The van der Waals surface area contributed by atoms with Gasteiger partial charge in [0.1, 0.15) is 5.82 Å². The highest BCUT2D eigenvalue weighted by molar-refractivity contribution is 7.89. The van der Waals surface area contributed by atoms with E-state index in [2.05, 4.69) is 4.74 Å². The molecule has 1 aliphatic rings. The van der Waals surface area contributed by atoms with Gasteiger partial charge in [-0.2, -0.15) is 4.31 Å². The van der Waals surface area contributed by atoms with Crippen LogP contribution in [0.1, 0.15) is 23.7 Å². The highest BCUT2D eigenvalue weighted by Crippen LogP contribution is 2.25. The van der Waals surface area contributed by atoms with E-state index in [-0.39, 0.29) is 17.0 Å². The fourth-order valence-electron chi connectivity index (χ4n) is 2.21. The highest BCUT2D eigenvalue weighted by atomic mass is 32.2. The Hall–Kier alpha value is -1.73. The second-order valence-corrected chi connectivity index (χ2v) is 6.72. The summed E-state index contributed by atoms with van der Waals surface area (Å²) in [7, 11) is -2.80. The quantitative estimate of drug-likeness (QED) is 0.632. The Bertz CT molecular complexity index is 697. The zero-order valence-electron chi connectivity index (χ0n) is 11.8. The third-order valence-corrected chi connectivity index (χ3v) is 5.15. The Labute approximate surface area is 123 Å². The van der Waals surface area contributed by atoms with E-state index in [4.69, 9.17) is 0 Å². The van der Waals surface area contributed by atoms with Gasteiger partial charge in [0.05, 0.1) is 17.6 Å². The van der Waals surface area contributed by atoms with Crippen molar-refractivity contribution in [3.63, 3.8) is 0 Å². The molecular formula is C14H16FNO4S. The van der Waals surface area contributed by atoms with Crippen molar-refractivity contribution in [1.82, 2.24) is 4.31 Å². The highest BCUT2D eigenvalue weighted by Gasteiger charge is 2.30. The van der Waals surface area contributed by atoms with Crippen LogP contribution in [-0.4, -0.2) is 38.9 Å². The van der Waals surface area contributed by atoms with Crippen LogP contribution in [-0.2, 0) is 14.8 Å². The molecule has 0 saturated carbocycles. The molecule has 0 atom stereocenters. The molecule has 7 heteroatoms. The lowest BCUT2D eigenvalue weighted by molar-refractivity contribution is 0.0596. The molecule has 0 aliphatic carbocycles. The summed E-state index contributed by atoms with van der Waals surface area (Å²) in [6, 6.07) is 3.02. The maximum absolute atomic E-state index is 13.4. The first kappa shape index (κ1) is 15.7. The molecule has 0 fully saturated rings. The lowest BCUT2D eigenvalue weighted by atomic mass is 10.2. The first-order valence-corrected chi connectivity index (χ1v) is 7.84. The summed E-state index contributed by atoms with van der Waals surface area (Å²) in [4.78, 5) is 11.3. The van der Waals surface area contributed by atoms with Crippen molar-refractivity contribution in [3.8, 4) is 0 Å². The molecule has 1 aliphatic heterocycles. The fourth-order valence-corrected chi connectivity index (χ4v) is 3.90. The van der Waals surface area contributed by atoms with Gasteiger partial charge in [0.15, 0.2) is 0 Å². The van der Waals surface area contributed by atoms with Gasteiger partial charge in [-0.15, -0.1) is 0 Å². The Morgan fingerprint density at radius 3 is 2.71 bits per heavy atom. The molecule has 21 heavy (non-hydrogen) atoms. The van der Waals surface area contributed by atoms with E-state index in [0.717, 1.165) is 30.9 Å². The lowest BCUT2D eigenvalue weighted by Crippen LogP contribution is -2.36. The second-order valence-electron chi connectivity index (χ2n) is 4.81. The molecule has 0 amide bonds. The van der Waals surface area contributed by atoms with Crippen LogP contribution in [0.4, 0.5) is 4.39 Å². The van der Waals surface area contributed by atoms with E-state index in [9.17, 15) is 17.6 Å². The van der Waals surface area contributed by atoms with Gasteiger partial charge in [-0.3, -0.25) is 0 Å². The molecule has 0 aromatic heterocycles. The number of sulfonamides is 1. The van der Waals surface area contributed by atoms with E-state index < -0.39 is 21.8 Å². The summed E-state index contributed by atoms with van der Waals surface area (Å²) in [5, 5.41) is 0. The summed E-state index contributed by atoms with van der Waals surface area (Å²) >= 11 is 0. The van der Waals surface area contributed by atoms with Crippen molar-refractivity contribution < 1.29 is 22.3 Å². The van der Waals surface area contributed by atoms with E-state index >= 15 is 0 Å². The van der Waals surface area contributed by atoms with Crippen LogP contribution in [0.3, 0.4) is 0 Å². The minimum absolute atomic E-state index is 0.161. The van der Waals surface area contributed by atoms with Gasteiger partial charge in [-0.1, -0.05) is 11.6 Å². The summed E-state index contributed by atoms with van der Waals surface area (Å²) in [6.07, 6.45) is 2.55. The number of hydrogen-bond donors (Lipinski definition) is 0. The van der Waals surface area contributed by atoms with Crippen LogP contribution in [0.15, 0.2) is 34.7 Å². The zero-order chi connectivity index (χ0) is 15.6. The normalized spacial score (nSPS) is 16.4. The molecule has 1 aromatic rings. The smallest absolute Gasteiger partial charge is 0.339 e. The van der Waals surface area contributed by atoms with Gasteiger partial charge in [0.2, 0.25) is 10.0 Å².